The van der Waals surface area contributed by atoms with Crippen molar-refractivity contribution >= 4 is 29.6 Å². The lowest BCUT2D eigenvalue weighted by Crippen LogP contribution is -2.54. The van der Waals surface area contributed by atoms with Gasteiger partial charge in [-0.2, -0.15) is 0 Å². The topological polar surface area (TPSA) is 75.7 Å². The molecule has 1 aliphatic rings. The van der Waals surface area contributed by atoms with E-state index >= 15 is 0 Å². The van der Waals surface area contributed by atoms with E-state index in [1.165, 1.54) is 30.3 Å². The van der Waals surface area contributed by atoms with Crippen molar-refractivity contribution in [3.63, 3.8) is 0 Å². The second kappa shape index (κ2) is 8.81. The van der Waals surface area contributed by atoms with Gasteiger partial charge < -0.3 is 4.74 Å². The van der Waals surface area contributed by atoms with Gasteiger partial charge in [0.1, 0.15) is 29.6 Å². The number of imide groups is 2. The molecule has 3 aromatic carbocycles. The first-order valence-electron chi connectivity index (χ1n) is 9.55. The molecule has 32 heavy (non-hydrogen) atoms. The summed E-state index contributed by atoms with van der Waals surface area (Å²) in [7, 11) is 0. The number of carbonyl (C=O) groups is 3. The van der Waals surface area contributed by atoms with Gasteiger partial charge in [-0.25, -0.2) is 18.5 Å². The minimum Gasteiger partial charge on any atom is -0.489 e. The van der Waals surface area contributed by atoms with Crippen molar-refractivity contribution in [2.45, 2.75) is 6.61 Å². The Morgan fingerprint density at radius 3 is 2.22 bits per heavy atom. The summed E-state index contributed by atoms with van der Waals surface area (Å²) in [6.45, 7) is 0.201. The zero-order valence-electron chi connectivity index (χ0n) is 16.5. The fraction of sp³-hybridized carbons (Fsp3) is 0.0417. The number of halogens is 2. The molecule has 0 aromatic heterocycles. The largest absolute Gasteiger partial charge is 0.489 e. The number of hydrogen-bond donors (Lipinski definition) is 1. The lowest BCUT2D eigenvalue weighted by Gasteiger charge is -2.26. The Labute approximate surface area is 181 Å². The number of amides is 4. The molecule has 0 unspecified atom stereocenters. The van der Waals surface area contributed by atoms with Gasteiger partial charge in [-0.1, -0.05) is 24.3 Å². The molecule has 8 heteroatoms. The fourth-order valence-electron chi connectivity index (χ4n) is 3.09. The van der Waals surface area contributed by atoms with Gasteiger partial charge in [0, 0.05) is 0 Å². The van der Waals surface area contributed by atoms with Crippen LogP contribution in [0.1, 0.15) is 11.1 Å². The van der Waals surface area contributed by atoms with Gasteiger partial charge >= 0.3 is 6.03 Å². The van der Waals surface area contributed by atoms with E-state index in [9.17, 15) is 23.2 Å². The average Bonchev–Trinajstić information content (AvgIpc) is 2.78. The number of nitrogens with zero attached hydrogens (tertiary/aromatic N) is 1. The van der Waals surface area contributed by atoms with E-state index in [0.29, 0.717) is 11.3 Å². The lowest BCUT2D eigenvalue weighted by molar-refractivity contribution is -0.122. The van der Waals surface area contributed by atoms with Gasteiger partial charge in [0.2, 0.25) is 0 Å². The summed E-state index contributed by atoms with van der Waals surface area (Å²) in [4.78, 5) is 38.2. The molecule has 1 N–H and O–H groups in total. The lowest BCUT2D eigenvalue weighted by atomic mass is 10.1. The van der Waals surface area contributed by atoms with Crippen LogP contribution in [-0.2, 0) is 16.2 Å². The normalized spacial score (nSPS) is 15.1. The number of carbonyl (C=O) groups excluding carboxylic acids is 3. The van der Waals surface area contributed by atoms with E-state index in [1.807, 2.05) is 0 Å². The smallest absolute Gasteiger partial charge is 0.335 e. The van der Waals surface area contributed by atoms with Crippen molar-refractivity contribution in [1.29, 1.82) is 0 Å². The molecule has 3 aromatic rings. The van der Waals surface area contributed by atoms with Crippen molar-refractivity contribution in [2.24, 2.45) is 0 Å². The summed E-state index contributed by atoms with van der Waals surface area (Å²) < 4.78 is 31.9. The zero-order chi connectivity index (χ0) is 22.7. The van der Waals surface area contributed by atoms with Gasteiger partial charge in [-0.05, 0) is 65.7 Å². The minimum absolute atomic E-state index is 0.128. The van der Waals surface area contributed by atoms with Crippen LogP contribution in [0.15, 0.2) is 78.4 Å². The molecule has 0 bridgehead atoms. The van der Waals surface area contributed by atoms with Crippen LogP contribution >= 0.6 is 0 Å². The van der Waals surface area contributed by atoms with Gasteiger partial charge in [0.15, 0.2) is 0 Å². The molecule has 6 nitrogen and oxygen atoms in total. The Balaban J connectivity index is 1.56. The zero-order valence-corrected chi connectivity index (χ0v) is 16.5. The van der Waals surface area contributed by atoms with E-state index in [4.69, 9.17) is 4.74 Å². The SMILES string of the molecule is O=C1NC(=O)N(c2ccc(F)cc2)C(=O)C1=Cc1cccc(OCc2ccc(F)cc2)c1. The molecule has 0 atom stereocenters. The third kappa shape index (κ3) is 4.54. The first kappa shape index (κ1) is 20.9. The van der Waals surface area contributed by atoms with Gasteiger partial charge in [-0.3, -0.25) is 14.9 Å². The third-order valence-electron chi connectivity index (χ3n) is 4.67. The predicted molar refractivity (Wildman–Crippen MR) is 113 cm³/mol. The second-order valence-corrected chi connectivity index (χ2v) is 6.92. The molecule has 1 saturated heterocycles. The summed E-state index contributed by atoms with van der Waals surface area (Å²) in [6, 6.07) is 16.4. The molecule has 0 radical (unpaired) electrons. The highest BCUT2D eigenvalue weighted by Gasteiger charge is 2.36. The van der Waals surface area contributed by atoms with Crippen LogP contribution in [0.25, 0.3) is 6.08 Å². The van der Waals surface area contributed by atoms with Crippen molar-refractivity contribution in [3.05, 3.63) is 101 Å². The molecule has 4 amide bonds. The molecule has 160 valence electrons. The Morgan fingerprint density at radius 1 is 0.875 bits per heavy atom. The van der Waals surface area contributed by atoms with Crippen LogP contribution < -0.4 is 15.0 Å². The Kier molecular flexibility index (Phi) is 5.76. The molecule has 0 aliphatic carbocycles. The Morgan fingerprint density at radius 2 is 1.53 bits per heavy atom. The van der Waals surface area contributed by atoms with Gasteiger partial charge in [0.05, 0.1) is 5.69 Å². The summed E-state index contributed by atoms with van der Waals surface area (Å²) in [6.07, 6.45) is 1.34. The maximum atomic E-state index is 13.2. The molecule has 4 rings (SSSR count). The second-order valence-electron chi connectivity index (χ2n) is 6.92. The molecule has 0 spiro atoms. The molecular formula is C24H16F2N2O4. The van der Waals surface area contributed by atoms with Crippen LogP contribution in [0.4, 0.5) is 19.3 Å². The van der Waals surface area contributed by atoms with Crippen molar-refractivity contribution in [1.82, 2.24) is 5.32 Å². The molecular weight excluding hydrogens is 418 g/mol. The molecule has 1 heterocycles. The van der Waals surface area contributed by atoms with Crippen LogP contribution in [0.5, 0.6) is 5.75 Å². The third-order valence-corrected chi connectivity index (χ3v) is 4.67. The van der Waals surface area contributed by atoms with Crippen LogP contribution in [0.3, 0.4) is 0 Å². The first-order valence-corrected chi connectivity index (χ1v) is 9.55. The maximum Gasteiger partial charge on any atom is 0.335 e. The standard InChI is InChI=1S/C24H16F2N2O4/c25-17-6-4-15(5-7-17)14-32-20-3-1-2-16(12-20)13-21-22(29)27-24(31)28(23(21)30)19-10-8-18(26)9-11-19/h1-13H,14H2,(H,27,29,31). The van der Waals surface area contributed by atoms with Gasteiger partial charge in [-0.15, -0.1) is 0 Å². The highest BCUT2D eigenvalue weighted by atomic mass is 19.1. The number of anilines is 1. The molecule has 1 fully saturated rings. The van der Waals surface area contributed by atoms with E-state index in [2.05, 4.69) is 5.32 Å². The number of ether oxygens (including phenoxy) is 1. The Bertz CT molecular complexity index is 1220. The summed E-state index contributed by atoms with van der Waals surface area (Å²) in [5, 5.41) is 2.11. The summed E-state index contributed by atoms with van der Waals surface area (Å²) in [5.41, 5.74) is 1.13. The first-order chi connectivity index (χ1) is 15.4. The van der Waals surface area contributed by atoms with Gasteiger partial charge in [0.25, 0.3) is 11.8 Å². The van der Waals surface area contributed by atoms with Crippen LogP contribution in [0, 0.1) is 11.6 Å². The molecule has 1 aliphatic heterocycles. The quantitative estimate of drug-likeness (QED) is 0.482. The summed E-state index contributed by atoms with van der Waals surface area (Å²) in [5.74, 6) is -2.06. The fourth-order valence-corrected chi connectivity index (χ4v) is 3.09. The monoisotopic (exact) mass is 434 g/mol. The van der Waals surface area contributed by atoms with E-state index in [1.54, 1.807) is 36.4 Å². The highest BCUT2D eigenvalue weighted by Crippen LogP contribution is 2.23. The van der Waals surface area contributed by atoms with Crippen molar-refractivity contribution in [3.8, 4) is 5.75 Å². The highest BCUT2D eigenvalue weighted by molar-refractivity contribution is 6.39. The minimum atomic E-state index is -0.917. The van der Waals surface area contributed by atoms with Crippen LogP contribution in [-0.4, -0.2) is 17.8 Å². The number of rotatable bonds is 5. The van der Waals surface area contributed by atoms with E-state index in [0.717, 1.165) is 22.6 Å². The number of hydrogen-bond acceptors (Lipinski definition) is 4. The number of nitrogens with one attached hydrogen (secondary N) is 1. The van der Waals surface area contributed by atoms with E-state index < -0.39 is 23.7 Å². The van der Waals surface area contributed by atoms with Crippen LogP contribution in [0.2, 0.25) is 0 Å². The van der Waals surface area contributed by atoms with Crippen molar-refractivity contribution in [2.75, 3.05) is 4.90 Å². The molecule has 0 saturated carbocycles. The average molecular weight is 434 g/mol. The van der Waals surface area contributed by atoms with Crippen molar-refractivity contribution < 1.29 is 27.9 Å². The van der Waals surface area contributed by atoms with E-state index in [-0.39, 0.29) is 23.7 Å². The number of urea groups is 1. The number of barbiturate groups is 1. The number of benzene rings is 3. The summed E-state index contributed by atoms with van der Waals surface area (Å²) >= 11 is 0. The maximum absolute atomic E-state index is 13.2. The Hall–Kier alpha value is -4.33. The predicted octanol–water partition coefficient (Wildman–Crippen LogP) is 4.21.